The van der Waals surface area contributed by atoms with Crippen molar-refractivity contribution in [3.63, 3.8) is 0 Å². The molecule has 0 heterocycles. The Bertz CT molecular complexity index is 1600. The average Bonchev–Trinajstić information content (AvgIpc) is 2.99. The van der Waals surface area contributed by atoms with Gasteiger partial charge in [0.15, 0.2) is 0 Å². The van der Waals surface area contributed by atoms with E-state index in [1.54, 1.807) is 31.2 Å². The topological polar surface area (TPSA) is 130 Å². The van der Waals surface area contributed by atoms with Crippen molar-refractivity contribution in [3.05, 3.63) is 105 Å². The summed E-state index contributed by atoms with van der Waals surface area (Å²) in [5, 5.41) is 15.1. The first-order valence-corrected chi connectivity index (χ1v) is 16.8. The summed E-state index contributed by atoms with van der Waals surface area (Å²) in [6.45, 7) is 0.881. The predicted molar refractivity (Wildman–Crippen MR) is 171 cm³/mol. The van der Waals surface area contributed by atoms with Crippen molar-refractivity contribution in [3.8, 4) is 0 Å². The predicted octanol–water partition coefficient (Wildman–Crippen LogP) is 5.41. The van der Waals surface area contributed by atoms with Gasteiger partial charge in [0.25, 0.3) is 5.69 Å². The largest absolute Gasteiger partial charge is 0.352 e. The van der Waals surface area contributed by atoms with Gasteiger partial charge >= 0.3 is 0 Å². The van der Waals surface area contributed by atoms with Gasteiger partial charge in [-0.25, -0.2) is 8.42 Å². The lowest BCUT2D eigenvalue weighted by atomic mass is 9.94. The Balaban J connectivity index is 1.77. The Morgan fingerprint density at radius 1 is 1.02 bits per heavy atom. The van der Waals surface area contributed by atoms with Gasteiger partial charge in [-0.3, -0.25) is 24.0 Å². The van der Waals surface area contributed by atoms with E-state index < -0.39 is 33.4 Å². The molecular weight excluding hydrogens is 604 g/mol. The summed E-state index contributed by atoms with van der Waals surface area (Å²) >= 11 is 6.51. The van der Waals surface area contributed by atoms with Gasteiger partial charge in [-0.05, 0) is 42.5 Å². The molecule has 234 valence electrons. The zero-order valence-electron chi connectivity index (χ0n) is 24.8. The number of halogens is 1. The quantitative estimate of drug-likeness (QED) is 0.208. The summed E-state index contributed by atoms with van der Waals surface area (Å²) in [7, 11) is -4.08. The molecule has 4 rings (SSSR count). The molecule has 1 aliphatic rings. The van der Waals surface area contributed by atoms with Crippen LogP contribution in [0.2, 0.25) is 5.02 Å². The molecule has 10 nitrogen and oxygen atoms in total. The van der Waals surface area contributed by atoms with Crippen LogP contribution in [0, 0.1) is 17.0 Å². The molecule has 1 atom stereocenters. The number of sulfonamides is 1. The fourth-order valence-electron chi connectivity index (χ4n) is 5.48. The minimum atomic E-state index is -4.08. The van der Waals surface area contributed by atoms with E-state index in [9.17, 15) is 28.1 Å². The van der Waals surface area contributed by atoms with Gasteiger partial charge < -0.3 is 10.2 Å². The van der Waals surface area contributed by atoms with E-state index in [-0.39, 0.29) is 36.3 Å². The maximum atomic E-state index is 14.3. The van der Waals surface area contributed by atoms with E-state index in [0.717, 1.165) is 54.3 Å². The van der Waals surface area contributed by atoms with E-state index in [2.05, 4.69) is 5.32 Å². The van der Waals surface area contributed by atoms with Gasteiger partial charge in [-0.1, -0.05) is 85.5 Å². The van der Waals surface area contributed by atoms with Crippen LogP contribution in [0.15, 0.2) is 72.8 Å². The molecular formula is C32H37ClN4O6S. The second-order valence-corrected chi connectivity index (χ2v) is 13.5. The molecule has 0 spiro atoms. The third-order valence-corrected chi connectivity index (χ3v) is 9.37. The lowest BCUT2D eigenvalue weighted by Crippen LogP contribution is -2.55. The average molecular weight is 641 g/mol. The summed E-state index contributed by atoms with van der Waals surface area (Å²) in [5.74, 6) is -0.987. The number of nitrogens with zero attached hydrogens (tertiary/aromatic N) is 3. The van der Waals surface area contributed by atoms with E-state index >= 15 is 0 Å². The maximum Gasteiger partial charge on any atom is 0.271 e. The number of carbonyl (C=O) groups is 2. The first-order valence-electron chi connectivity index (χ1n) is 14.5. The third kappa shape index (κ3) is 8.57. The van der Waals surface area contributed by atoms with Gasteiger partial charge in [0, 0.05) is 36.2 Å². The van der Waals surface area contributed by atoms with Crippen molar-refractivity contribution >= 4 is 44.8 Å². The SMILES string of the molecule is Cc1ccc([N+](=O)[O-])cc1N(CC(=O)N(Cc1ccccc1Cl)[C@H](Cc1ccccc1)C(=O)NC1CCCCC1)S(C)(=O)=O. The first kappa shape index (κ1) is 32.9. The van der Waals surface area contributed by atoms with Crippen LogP contribution >= 0.6 is 11.6 Å². The molecule has 0 bridgehead atoms. The molecule has 12 heteroatoms. The zero-order valence-corrected chi connectivity index (χ0v) is 26.4. The number of aryl methyl sites for hydroxylation is 1. The molecule has 0 saturated heterocycles. The fraction of sp³-hybridized carbons (Fsp3) is 0.375. The molecule has 1 N–H and O–H groups in total. The lowest BCUT2D eigenvalue weighted by molar-refractivity contribution is -0.384. The fourth-order valence-corrected chi connectivity index (χ4v) is 6.58. The number of benzene rings is 3. The molecule has 3 aromatic rings. The van der Waals surface area contributed by atoms with E-state index in [1.807, 2.05) is 30.3 Å². The Morgan fingerprint density at radius 2 is 1.68 bits per heavy atom. The summed E-state index contributed by atoms with van der Waals surface area (Å²) in [4.78, 5) is 40.6. The Labute approximate surface area is 263 Å². The van der Waals surface area contributed by atoms with Crippen LogP contribution < -0.4 is 9.62 Å². The minimum absolute atomic E-state index is 0.0130. The minimum Gasteiger partial charge on any atom is -0.352 e. The number of hydrogen-bond donors (Lipinski definition) is 1. The first-order chi connectivity index (χ1) is 20.9. The van der Waals surface area contributed by atoms with Gasteiger partial charge in [0.1, 0.15) is 12.6 Å². The molecule has 3 aromatic carbocycles. The second kappa shape index (κ2) is 14.7. The highest BCUT2D eigenvalue weighted by atomic mass is 35.5. The number of anilines is 1. The number of non-ortho nitro benzene ring substituents is 1. The van der Waals surface area contributed by atoms with E-state index in [1.165, 1.54) is 17.0 Å². The number of nitro groups is 1. The van der Waals surface area contributed by atoms with Crippen LogP contribution in [0.4, 0.5) is 11.4 Å². The van der Waals surface area contributed by atoms with Gasteiger partial charge in [0.2, 0.25) is 21.8 Å². The Morgan fingerprint density at radius 3 is 2.32 bits per heavy atom. The number of nitro benzene ring substituents is 1. The molecule has 1 aliphatic carbocycles. The summed E-state index contributed by atoms with van der Waals surface area (Å²) in [6, 6.07) is 19.1. The highest BCUT2D eigenvalue weighted by Gasteiger charge is 2.35. The van der Waals surface area contributed by atoms with Crippen molar-refractivity contribution in [2.75, 3.05) is 17.1 Å². The number of rotatable bonds is 12. The lowest BCUT2D eigenvalue weighted by Gasteiger charge is -2.35. The molecule has 2 amide bonds. The van der Waals surface area contributed by atoms with E-state index in [4.69, 9.17) is 11.6 Å². The van der Waals surface area contributed by atoms with Crippen molar-refractivity contribution in [1.82, 2.24) is 10.2 Å². The van der Waals surface area contributed by atoms with Crippen LogP contribution in [0.1, 0.15) is 48.8 Å². The zero-order chi connectivity index (χ0) is 31.9. The monoisotopic (exact) mass is 640 g/mol. The molecule has 0 aromatic heterocycles. The van der Waals surface area contributed by atoms with Gasteiger partial charge in [0.05, 0.1) is 16.9 Å². The molecule has 0 aliphatic heterocycles. The highest BCUT2D eigenvalue weighted by Crippen LogP contribution is 2.29. The summed E-state index contributed by atoms with van der Waals surface area (Å²) in [6.07, 6.45) is 5.92. The maximum absolute atomic E-state index is 14.3. The van der Waals surface area contributed by atoms with E-state index in [0.29, 0.717) is 16.1 Å². The molecule has 1 saturated carbocycles. The van der Waals surface area contributed by atoms with Crippen molar-refractivity contribution in [2.45, 2.75) is 64.1 Å². The molecule has 44 heavy (non-hydrogen) atoms. The number of amides is 2. The molecule has 0 radical (unpaired) electrons. The van der Waals surface area contributed by atoms with Gasteiger partial charge in [-0.15, -0.1) is 0 Å². The number of hydrogen-bond acceptors (Lipinski definition) is 6. The van der Waals surface area contributed by atoms with Crippen LogP contribution in [0.3, 0.4) is 0 Å². The van der Waals surface area contributed by atoms with Crippen LogP contribution in [0.25, 0.3) is 0 Å². The summed E-state index contributed by atoms with van der Waals surface area (Å²) in [5.41, 5.74) is 1.54. The molecule has 1 fully saturated rings. The van der Waals surface area contributed by atoms with Crippen LogP contribution in [0.5, 0.6) is 0 Å². The number of nitrogens with one attached hydrogen (secondary N) is 1. The Hall–Kier alpha value is -3.96. The van der Waals surface area contributed by atoms with Crippen molar-refractivity contribution in [1.29, 1.82) is 0 Å². The van der Waals surface area contributed by atoms with Gasteiger partial charge in [-0.2, -0.15) is 0 Å². The standard InChI is InChI=1S/C32H37ClN4O6S/c1-23-17-18-27(37(40)41)20-29(23)36(44(2,42)43)22-31(38)35(21-25-13-9-10-16-28(25)33)30(19-24-11-5-3-6-12-24)32(39)34-26-14-7-4-8-15-26/h3,5-6,9-13,16-18,20,26,30H,4,7-8,14-15,19,21-22H2,1-2H3,(H,34,39)/t30-/m1/s1. The normalized spacial score (nSPS) is 14.4. The Kier molecular flexibility index (Phi) is 11.0. The van der Waals surface area contributed by atoms with Crippen molar-refractivity contribution < 1.29 is 22.9 Å². The smallest absolute Gasteiger partial charge is 0.271 e. The highest BCUT2D eigenvalue weighted by molar-refractivity contribution is 7.92. The van der Waals surface area contributed by atoms with Crippen LogP contribution in [-0.2, 0) is 32.6 Å². The molecule has 0 unspecified atom stereocenters. The van der Waals surface area contributed by atoms with Crippen molar-refractivity contribution in [2.24, 2.45) is 0 Å². The second-order valence-electron chi connectivity index (χ2n) is 11.2. The van der Waals surface area contributed by atoms with Crippen LogP contribution in [-0.4, -0.2) is 54.9 Å². The third-order valence-electron chi connectivity index (χ3n) is 7.87. The number of carbonyl (C=O) groups excluding carboxylic acids is 2. The summed E-state index contributed by atoms with van der Waals surface area (Å²) < 4.78 is 27.0.